The van der Waals surface area contributed by atoms with Gasteiger partial charge in [-0.05, 0) is 18.6 Å². The molecule has 0 aliphatic rings. The summed E-state index contributed by atoms with van der Waals surface area (Å²) in [5, 5.41) is 1.13. The summed E-state index contributed by atoms with van der Waals surface area (Å²) in [6.45, 7) is 2.13. The van der Waals surface area contributed by atoms with Crippen molar-refractivity contribution >= 4 is 11.0 Å². The maximum absolute atomic E-state index is 5.98. The molecule has 1 atom stereocenters. The molecule has 0 saturated heterocycles. The van der Waals surface area contributed by atoms with Gasteiger partial charge >= 0.3 is 0 Å². The van der Waals surface area contributed by atoms with E-state index >= 15 is 0 Å². The average molecular weight is 189 g/mol. The minimum atomic E-state index is 0.0346. The molecule has 2 N–H and O–H groups in total. The van der Waals surface area contributed by atoms with Crippen molar-refractivity contribution in [3.8, 4) is 0 Å². The summed E-state index contributed by atoms with van der Waals surface area (Å²) in [6.07, 6.45) is 2.05. The highest BCUT2D eigenvalue weighted by molar-refractivity contribution is 5.77. The topological polar surface area (TPSA) is 39.2 Å². The van der Waals surface area contributed by atoms with Gasteiger partial charge in [0, 0.05) is 5.39 Å². The second kappa shape index (κ2) is 3.84. The smallest absolute Gasteiger partial charge is 0.134 e. The molecule has 2 nitrogen and oxygen atoms in total. The van der Waals surface area contributed by atoms with Crippen LogP contribution >= 0.6 is 0 Å². The van der Waals surface area contributed by atoms with Crippen LogP contribution in [0.15, 0.2) is 34.7 Å². The van der Waals surface area contributed by atoms with Crippen molar-refractivity contribution < 1.29 is 4.42 Å². The Morgan fingerprint density at radius 1 is 1.36 bits per heavy atom. The largest absolute Gasteiger partial charge is 0.459 e. The van der Waals surface area contributed by atoms with Gasteiger partial charge in [0.15, 0.2) is 0 Å². The molecule has 1 heterocycles. The number of hydrogen-bond donors (Lipinski definition) is 1. The van der Waals surface area contributed by atoms with Crippen LogP contribution in [0.4, 0.5) is 0 Å². The lowest BCUT2D eigenvalue weighted by atomic mass is 10.1. The van der Waals surface area contributed by atoms with Crippen molar-refractivity contribution in [3.63, 3.8) is 0 Å². The molecule has 0 radical (unpaired) electrons. The van der Waals surface area contributed by atoms with Gasteiger partial charge in [0.05, 0.1) is 6.04 Å². The Kier molecular flexibility index (Phi) is 2.55. The minimum Gasteiger partial charge on any atom is -0.459 e. The fourth-order valence-corrected chi connectivity index (χ4v) is 1.64. The van der Waals surface area contributed by atoms with E-state index in [1.807, 2.05) is 30.3 Å². The van der Waals surface area contributed by atoms with Gasteiger partial charge in [-0.1, -0.05) is 31.5 Å². The predicted octanol–water partition coefficient (Wildman–Crippen LogP) is 3.23. The minimum absolute atomic E-state index is 0.0346. The standard InChI is InChI=1S/C12H15NO/c1-2-5-10(13)12-8-9-6-3-4-7-11(9)14-12/h3-4,6-8,10H,2,5,13H2,1H3/t10-/m1/s1. The Morgan fingerprint density at radius 2 is 2.14 bits per heavy atom. The van der Waals surface area contributed by atoms with Crippen LogP contribution in [0, 0.1) is 0 Å². The van der Waals surface area contributed by atoms with Gasteiger partial charge in [-0.2, -0.15) is 0 Å². The number of furan rings is 1. The molecule has 0 spiro atoms. The Morgan fingerprint density at radius 3 is 2.86 bits per heavy atom. The van der Waals surface area contributed by atoms with Gasteiger partial charge in [0.2, 0.25) is 0 Å². The average Bonchev–Trinajstić information content (AvgIpc) is 2.61. The van der Waals surface area contributed by atoms with E-state index in [1.54, 1.807) is 0 Å². The molecule has 2 aromatic rings. The van der Waals surface area contributed by atoms with Crippen LogP contribution in [0.1, 0.15) is 31.6 Å². The number of fused-ring (bicyclic) bond motifs is 1. The van der Waals surface area contributed by atoms with Crippen molar-refractivity contribution in [2.24, 2.45) is 5.73 Å². The highest BCUT2D eigenvalue weighted by atomic mass is 16.3. The zero-order valence-electron chi connectivity index (χ0n) is 8.36. The third-order valence-electron chi connectivity index (χ3n) is 2.41. The van der Waals surface area contributed by atoms with Gasteiger partial charge < -0.3 is 10.2 Å². The molecular weight excluding hydrogens is 174 g/mol. The summed E-state index contributed by atoms with van der Waals surface area (Å²) in [6, 6.07) is 10.1. The maximum atomic E-state index is 5.98. The predicted molar refractivity (Wildman–Crippen MR) is 58.1 cm³/mol. The highest BCUT2D eigenvalue weighted by Gasteiger charge is 2.10. The molecule has 0 aliphatic carbocycles. The molecule has 0 fully saturated rings. The molecule has 0 unspecified atom stereocenters. The van der Waals surface area contributed by atoms with E-state index in [0.717, 1.165) is 29.6 Å². The van der Waals surface area contributed by atoms with Crippen molar-refractivity contribution in [1.82, 2.24) is 0 Å². The summed E-state index contributed by atoms with van der Waals surface area (Å²) in [5.74, 6) is 0.896. The maximum Gasteiger partial charge on any atom is 0.134 e. The first-order valence-electron chi connectivity index (χ1n) is 5.05. The van der Waals surface area contributed by atoms with Crippen molar-refractivity contribution in [3.05, 3.63) is 36.1 Å². The Hall–Kier alpha value is -1.28. The van der Waals surface area contributed by atoms with Crippen molar-refractivity contribution in [2.45, 2.75) is 25.8 Å². The van der Waals surface area contributed by atoms with Gasteiger partial charge in [0.1, 0.15) is 11.3 Å². The second-order valence-electron chi connectivity index (χ2n) is 3.58. The van der Waals surface area contributed by atoms with E-state index in [0.29, 0.717) is 0 Å². The molecule has 0 saturated carbocycles. The number of para-hydroxylation sites is 1. The highest BCUT2D eigenvalue weighted by Crippen LogP contribution is 2.24. The Bertz CT molecular complexity index is 386. The SMILES string of the molecule is CCC[C@@H](N)c1cc2ccccc2o1. The molecule has 1 aromatic carbocycles. The van der Waals surface area contributed by atoms with Gasteiger partial charge in [-0.25, -0.2) is 0 Å². The molecular formula is C12H15NO. The summed E-state index contributed by atoms with van der Waals surface area (Å²) in [7, 11) is 0. The van der Waals surface area contributed by atoms with Gasteiger partial charge in [0.25, 0.3) is 0 Å². The van der Waals surface area contributed by atoms with Crippen LogP contribution in [0.5, 0.6) is 0 Å². The molecule has 1 aromatic heterocycles. The zero-order valence-corrected chi connectivity index (χ0v) is 8.36. The molecule has 0 aliphatic heterocycles. The molecule has 14 heavy (non-hydrogen) atoms. The Balaban J connectivity index is 2.35. The first-order chi connectivity index (χ1) is 6.81. The zero-order chi connectivity index (χ0) is 9.97. The monoisotopic (exact) mass is 189 g/mol. The third-order valence-corrected chi connectivity index (χ3v) is 2.41. The number of nitrogens with two attached hydrogens (primary N) is 1. The molecule has 2 heteroatoms. The molecule has 0 amide bonds. The van der Waals surface area contributed by atoms with E-state index in [4.69, 9.17) is 10.2 Å². The Labute approximate surface area is 83.7 Å². The quantitative estimate of drug-likeness (QED) is 0.805. The van der Waals surface area contributed by atoms with Crippen LogP contribution in [0.2, 0.25) is 0 Å². The van der Waals surface area contributed by atoms with E-state index in [-0.39, 0.29) is 6.04 Å². The van der Waals surface area contributed by atoms with Crippen LogP contribution in [0.3, 0.4) is 0 Å². The summed E-state index contributed by atoms with van der Waals surface area (Å²) >= 11 is 0. The van der Waals surface area contributed by atoms with E-state index < -0.39 is 0 Å². The van der Waals surface area contributed by atoms with E-state index in [9.17, 15) is 0 Å². The summed E-state index contributed by atoms with van der Waals surface area (Å²) in [4.78, 5) is 0. The molecule has 74 valence electrons. The fraction of sp³-hybridized carbons (Fsp3) is 0.333. The first-order valence-corrected chi connectivity index (χ1v) is 5.05. The summed E-state index contributed by atoms with van der Waals surface area (Å²) < 4.78 is 5.66. The van der Waals surface area contributed by atoms with Crippen LogP contribution in [-0.4, -0.2) is 0 Å². The number of benzene rings is 1. The van der Waals surface area contributed by atoms with Crippen LogP contribution in [-0.2, 0) is 0 Å². The van der Waals surface area contributed by atoms with Crippen LogP contribution in [0.25, 0.3) is 11.0 Å². The lowest BCUT2D eigenvalue weighted by Gasteiger charge is -2.04. The number of rotatable bonds is 3. The fourth-order valence-electron chi connectivity index (χ4n) is 1.64. The summed E-state index contributed by atoms with van der Waals surface area (Å²) in [5.41, 5.74) is 6.90. The molecule has 2 rings (SSSR count). The van der Waals surface area contributed by atoms with Gasteiger partial charge in [-0.15, -0.1) is 0 Å². The van der Waals surface area contributed by atoms with Crippen LogP contribution < -0.4 is 5.73 Å². The second-order valence-corrected chi connectivity index (χ2v) is 3.58. The van der Waals surface area contributed by atoms with Crippen molar-refractivity contribution in [2.75, 3.05) is 0 Å². The normalized spacial score (nSPS) is 13.3. The molecule has 0 bridgehead atoms. The van der Waals surface area contributed by atoms with E-state index in [1.165, 1.54) is 0 Å². The van der Waals surface area contributed by atoms with Gasteiger partial charge in [-0.3, -0.25) is 0 Å². The van der Waals surface area contributed by atoms with E-state index in [2.05, 4.69) is 6.92 Å². The number of hydrogen-bond acceptors (Lipinski definition) is 2. The van der Waals surface area contributed by atoms with Crippen molar-refractivity contribution in [1.29, 1.82) is 0 Å². The first kappa shape index (κ1) is 9.28. The third kappa shape index (κ3) is 1.66. The lowest BCUT2D eigenvalue weighted by molar-refractivity contribution is 0.475. The lowest BCUT2D eigenvalue weighted by Crippen LogP contribution is -2.08.